The summed E-state index contributed by atoms with van der Waals surface area (Å²) in [4.78, 5) is 15.9. The zero-order valence-electron chi connectivity index (χ0n) is 9.24. The Morgan fingerprint density at radius 3 is 2.53 bits per heavy atom. The molecule has 0 saturated carbocycles. The summed E-state index contributed by atoms with van der Waals surface area (Å²) >= 11 is 0. The quantitative estimate of drug-likeness (QED) is 0.587. The van der Waals surface area contributed by atoms with Crippen molar-refractivity contribution in [2.75, 3.05) is 0 Å². The zero-order chi connectivity index (χ0) is 11.5. The molecule has 0 amide bonds. The number of nitrogens with zero attached hydrogens (tertiary/aromatic N) is 1. The van der Waals surface area contributed by atoms with Gasteiger partial charge in [-0.2, -0.15) is 0 Å². The van der Waals surface area contributed by atoms with Crippen LogP contribution in [0.4, 0.5) is 0 Å². The van der Waals surface area contributed by atoms with E-state index in [9.17, 15) is 4.79 Å². The fourth-order valence-corrected chi connectivity index (χ4v) is 1.14. The van der Waals surface area contributed by atoms with Crippen molar-refractivity contribution in [1.29, 1.82) is 0 Å². The van der Waals surface area contributed by atoms with Crippen LogP contribution in [-0.2, 0) is 6.54 Å². The van der Waals surface area contributed by atoms with Crippen LogP contribution in [-0.4, -0.2) is 16.0 Å². The summed E-state index contributed by atoms with van der Waals surface area (Å²) in [5.74, 6) is 0.0195. The molecule has 1 heterocycles. The first-order chi connectivity index (χ1) is 6.95. The molecule has 1 aromatic heterocycles. The molecule has 0 aromatic carbocycles. The molecule has 2 N–H and O–H groups in total. The van der Waals surface area contributed by atoms with E-state index < -0.39 is 5.41 Å². The Hall–Kier alpha value is -1.26. The number of nitrogens with one attached hydrogen (secondary N) is 1. The average molecular weight is 208 g/mol. The van der Waals surface area contributed by atoms with Crippen molar-refractivity contribution in [2.45, 2.75) is 27.3 Å². The molecule has 0 aliphatic carbocycles. The van der Waals surface area contributed by atoms with Crippen molar-refractivity contribution in [3.8, 4) is 0 Å². The van der Waals surface area contributed by atoms with Crippen LogP contribution in [0, 0.1) is 5.41 Å². The lowest BCUT2D eigenvalue weighted by Gasteiger charge is -2.15. The van der Waals surface area contributed by atoms with Gasteiger partial charge < -0.3 is 5.21 Å². The van der Waals surface area contributed by atoms with E-state index >= 15 is 0 Å². The molecule has 82 valence electrons. The summed E-state index contributed by atoms with van der Waals surface area (Å²) in [6.45, 7) is 5.91. The smallest absolute Gasteiger partial charge is 0.186 e. The van der Waals surface area contributed by atoms with Gasteiger partial charge in [-0.1, -0.05) is 26.8 Å². The molecular weight excluding hydrogens is 192 g/mol. The lowest BCUT2D eigenvalue weighted by Crippen LogP contribution is -2.21. The number of hydroxylamine groups is 1. The number of carbonyl (C=O) groups excluding carboxylic acids is 1. The lowest BCUT2D eigenvalue weighted by molar-refractivity contribution is 0.0853. The second-order valence-corrected chi connectivity index (χ2v) is 4.47. The minimum atomic E-state index is -0.413. The fraction of sp³-hybridized carbons (Fsp3) is 0.455. The van der Waals surface area contributed by atoms with Gasteiger partial charge in [0.1, 0.15) is 5.69 Å². The fourth-order valence-electron chi connectivity index (χ4n) is 1.14. The van der Waals surface area contributed by atoms with E-state index in [1.54, 1.807) is 18.3 Å². The summed E-state index contributed by atoms with van der Waals surface area (Å²) in [6, 6.07) is 3.45. The Labute approximate surface area is 89.3 Å². The third kappa shape index (κ3) is 3.11. The van der Waals surface area contributed by atoms with Gasteiger partial charge in [-0.05, 0) is 11.6 Å². The summed E-state index contributed by atoms with van der Waals surface area (Å²) < 4.78 is 0. The van der Waals surface area contributed by atoms with Gasteiger partial charge in [-0.25, -0.2) is 5.48 Å². The van der Waals surface area contributed by atoms with Gasteiger partial charge in [0.25, 0.3) is 0 Å². The van der Waals surface area contributed by atoms with E-state index in [1.165, 1.54) is 0 Å². The molecule has 0 aliphatic heterocycles. The van der Waals surface area contributed by atoms with E-state index in [0.29, 0.717) is 12.2 Å². The average Bonchev–Trinajstić information content (AvgIpc) is 2.17. The van der Waals surface area contributed by atoms with Crippen LogP contribution in [0.1, 0.15) is 36.8 Å². The van der Waals surface area contributed by atoms with Gasteiger partial charge in [0.05, 0.1) is 0 Å². The van der Waals surface area contributed by atoms with Crippen molar-refractivity contribution in [2.24, 2.45) is 5.41 Å². The summed E-state index contributed by atoms with van der Waals surface area (Å²) in [7, 11) is 0. The summed E-state index contributed by atoms with van der Waals surface area (Å²) in [6.07, 6.45) is 1.59. The highest BCUT2D eigenvalue weighted by Gasteiger charge is 2.23. The third-order valence-electron chi connectivity index (χ3n) is 2.02. The molecule has 0 aliphatic rings. The molecule has 0 fully saturated rings. The highest BCUT2D eigenvalue weighted by atomic mass is 16.5. The Morgan fingerprint density at radius 2 is 2.13 bits per heavy atom. The van der Waals surface area contributed by atoms with Gasteiger partial charge in [0.2, 0.25) is 0 Å². The number of hydrogen-bond acceptors (Lipinski definition) is 4. The van der Waals surface area contributed by atoms with Crippen LogP contribution >= 0.6 is 0 Å². The Balaban J connectivity index is 2.85. The van der Waals surface area contributed by atoms with E-state index in [1.807, 2.05) is 26.3 Å². The van der Waals surface area contributed by atoms with E-state index in [4.69, 9.17) is 5.21 Å². The number of pyridine rings is 1. The normalized spacial score (nSPS) is 11.5. The first kappa shape index (κ1) is 11.8. The van der Waals surface area contributed by atoms with Crippen LogP contribution < -0.4 is 5.48 Å². The van der Waals surface area contributed by atoms with Crippen LogP contribution in [0.3, 0.4) is 0 Å². The molecule has 4 nitrogen and oxygen atoms in total. The monoisotopic (exact) mass is 208 g/mol. The highest BCUT2D eigenvalue weighted by Crippen LogP contribution is 2.19. The second-order valence-electron chi connectivity index (χ2n) is 4.47. The third-order valence-corrected chi connectivity index (χ3v) is 2.02. The van der Waals surface area contributed by atoms with Crippen molar-refractivity contribution in [3.05, 3.63) is 29.6 Å². The Kier molecular flexibility index (Phi) is 3.55. The number of rotatable bonds is 3. The maximum Gasteiger partial charge on any atom is 0.186 e. The van der Waals surface area contributed by atoms with Gasteiger partial charge >= 0.3 is 0 Å². The minimum absolute atomic E-state index is 0.0195. The van der Waals surface area contributed by atoms with Gasteiger partial charge in [0.15, 0.2) is 5.78 Å². The van der Waals surface area contributed by atoms with E-state index in [0.717, 1.165) is 5.56 Å². The summed E-state index contributed by atoms with van der Waals surface area (Å²) in [5, 5.41) is 8.48. The number of ketones is 1. The van der Waals surface area contributed by atoms with Gasteiger partial charge in [-0.3, -0.25) is 9.78 Å². The standard InChI is InChI=1S/C11H16N2O2/c1-11(2,3)10(14)9-5-4-8(6-12-9)7-13-15/h4-6,13,15H,7H2,1-3H3. The van der Waals surface area contributed by atoms with E-state index in [-0.39, 0.29) is 5.78 Å². The maximum atomic E-state index is 11.8. The van der Waals surface area contributed by atoms with Crippen LogP contribution in [0.25, 0.3) is 0 Å². The molecule has 15 heavy (non-hydrogen) atoms. The van der Waals surface area contributed by atoms with Gasteiger partial charge in [0, 0.05) is 18.2 Å². The predicted octanol–water partition coefficient (Wildman–Crippen LogP) is 1.79. The number of hydrogen-bond donors (Lipinski definition) is 2. The largest absolute Gasteiger partial charge is 0.316 e. The minimum Gasteiger partial charge on any atom is -0.316 e. The molecule has 0 atom stereocenters. The first-order valence-corrected chi connectivity index (χ1v) is 4.82. The van der Waals surface area contributed by atoms with Gasteiger partial charge in [-0.15, -0.1) is 0 Å². The zero-order valence-corrected chi connectivity index (χ0v) is 9.24. The lowest BCUT2D eigenvalue weighted by atomic mass is 9.89. The van der Waals surface area contributed by atoms with Crippen LogP contribution in [0.15, 0.2) is 18.3 Å². The topological polar surface area (TPSA) is 62.2 Å². The molecule has 4 heteroatoms. The van der Waals surface area contributed by atoms with Crippen LogP contribution in [0.2, 0.25) is 0 Å². The number of Topliss-reactive ketones (excluding diaryl/α,β-unsaturated/α-hetero) is 1. The molecular formula is C11H16N2O2. The van der Waals surface area contributed by atoms with Crippen molar-refractivity contribution in [1.82, 2.24) is 10.5 Å². The van der Waals surface area contributed by atoms with Crippen molar-refractivity contribution < 1.29 is 10.0 Å². The summed E-state index contributed by atoms with van der Waals surface area (Å²) in [5.41, 5.74) is 2.92. The first-order valence-electron chi connectivity index (χ1n) is 4.82. The highest BCUT2D eigenvalue weighted by molar-refractivity contribution is 5.98. The Morgan fingerprint density at radius 1 is 1.47 bits per heavy atom. The van der Waals surface area contributed by atoms with E-state index in [2.05, 4.69) is 4.98 Å². The van der Waals surface area contributed by atoms with Crippen molar-refractivity contribution >= 4 is 5.78 Å². The molecule has 0 spiro atoms. The second kappa shape index (κ2) is 4.51. The molecule has 0 radical (unpaired) electrons. The number of aromatic nitrogens is 1. The molecule has 0 saturated heterocycles. The predicted molar refractivity (Wildman–Crippen MR) is 56.6 cm³/mol. The molecule has 0 bridgehead atoms. The molecule has 1 rings (SSSR count). The SMILES string of the molecule is CC(C)(C)C(=O)c1ccc(CNO)cn1. The maximum absolute atomic E-state index is 11.8. The molecule has 0 unspecified atom stereocenters. The Bertz CT molecular complexity index is 339. The van der Waals surface area contributed by atoms with Crippen molar-refractivity contribution in [3.63, 3.8) is 0 Å². The molecule has 1 aromatic rings. The van der Waals surface area contributed by atoms with Crippen LogP contribution in [0.5, 0.6) is 0 Å². The number of carbonyl (C=O) groups is 1.